The van der Waals surface area contributed by atoms with Crippen LogP contribution in [0.15, 0.2) is 42.5 Å². The third-order valence-corrected chi connectivity index (χ3v) is 7.35. The first-order valence-electron chi connectivity index (χ1n) is 11.8. The van der Waals surface area contributed by atoms with Crippen LogP contribution in [0.2, 0.25) is 0 Å². The number of imide groups is 1. The van der Waals surface area contributed by atoms with Crippen LogP contribution in [0.5, 0.6) is 11.5 Å². The molecule has 0 radical (unpaired) electrons. The molecule has 0 saturated carbocycles. The van der Waals surface area contributed by atoms with E-state index in [4.69, 9.17) is 9.47 Å². The van der Waals surface area contributed by atoms with Gasteiger partial charge in [0, 0.05) is 6.54 Å². The van der Waals surface area contributed by atoms with Crippen molar-refractivity contribution in [3.63, 3.8) is 0 Å². The molecule has 2 aromatic carbocycles. The maximum Gasteiger partial charge on any atom is 0.325 e. The number of nitrogens with one attached hydrogen (secondary N) is 1. The number of urea groups is 1. The molecule has 3 heterocycles. The molecular weight excluding hydrogens is 418 g/mol. The summed E-state index contributed by atoms with van der Waals surface area (Å²) in [6, 6.07) is 13.9. The van der Waals surface area contributed by atoms with E-state index in [1.165, 1.54) is 16.0 Å². The number of hydrogen-bond acceptors (Lipinski definition) is 5. The number of carbonyl (C=O) groups excluding carboxylic acids is 2. The van der Waals surface area contributed by atoms with Gasteiger partial charge in [0.25, 0.3) is 5.91 Å². The number of amides is 3. The van der Waals surface area contributed by atoms with E-state index in [1.807, 2.05) is 25.1 Å². The van der Waals surface area contributed by atoms with Crippen LogP contribution in [-0.2, 0) is 17.9 Å². The highest BCUT2D eigenvalue weighted by Crippen LogP contribution is 2.38. The van der Waals surface area contributed by atoms with Crippen molar-refractivity contribution < 1.29 is 19.1 Å². The number of carbonyl (C=O) groups is 2. The van der Waals surface area contributed by atoms with Crippen LogP contribution < -0.4 is 14.8 Å². The Morgan fingerprint density at radius 3 is 2.39 bits per heavy atom. The van der Waals surface area contributed by atoms with Gasteiger partial charge in [-0.3, -0.25) is 14.6 Å². The Morgan fingerprint density at radius 2 is 1.67 bits per heavy atom. The van der Waals surface area contributed by atoms with Gasteiger partial charge < -0.3 is 14.8 Å². The van der Waals surface area contributed by atoms with Crippen molar-refractivity contribution in [2.24, 2.45) is 5.92 Å². The summed E-state index contributed by atoms with van der Waals surface area (Å²) in [6.45, 7) is 7.29. The maximum absolute atomic E-state index is 13.6. The lowest BCUT2D eigenvalue weighted by atomic mass is 9.75. The molecule has 0 unspecified atom stereocenters. The van der Waals surface area contributed by atoms with Gasteiger partial charge in [-0.2, -0.15) is 0 Å². The van der Waals surface area contributed by atoms with E-state index >= 15 is 0 Å². The van der Waals surface area contributed by atoms with Crippen LogP contribution in [0.4, 0.5) is 4.79 Å². The molecule has 1 atom stereocenters. The van der Waals surface area contributed by atoms with Gasteiger partial charge in [-0.25, -0.2) is 4.79 Å². The van der Waals surface area contributed by atoms with Gasteiger partial charge in [0.2, 0.25) is 6.79 Å². The van der Waals surface area contributed by atoms with Gasteiger partial charge in [-0.15, -0.1) is 0 Å². The number of nitrogens with zero attached hydrogens (tertiary/aromatic N) is 2. The normalized spacial score (nSPS) is 23.3. The molecule has 2 fully saturated rings. The number of piperidine rings is 1. The predicted octanol–water partition coefficient (Wildman–Crippen LogP) is 3.84. The number of ether oxygens (including phenoxy) is 2. The predicted molar refractivity (Wildman–Crippen MR) is 124 cm³/mol. The van der Waals surface area contributed by atoms with Gasteiger partial charge in [-0.1, -0.05) is 42.8 Å². The summed E-state index contributed by atoms with van der Waals surface area (Å²) in [7, 11) is 0. The van der Waals surface area contributed by atoms with Gasteiger partial charge >= 0.3 is 6.03 Å². The lowest BCUT2D eigenvalue weighted by Crippen LogP contribution is -2.55. The first kappa shape index (κ1) is 21.8. The number of fused-ring (bicyclic) bond motifs is 1. The van der Waals surface area contributed by atoms with Crippen LogP contribution in [0, 0.1) is 12.8 Å². The first-order valence-corrected chi connectivity index (χ1v) is 11.8. The van der Waals surface area contributed by atoms with Crippen molar-refractivity contribution in [2.75, 3.05) is 19.9 Å². The summed E-state index contributed by atoms with van der Waals surface area (Å²) in [4.78, 5) is 30.3. The molecule has 7 heteroatoms. The zero-order chi connectivity index (χ0) is 23.0. The minimum Gasteiger partial charge on any atom is -0.454 e. The van der Waals surface area contributed by atoms with Crippen molar-refractivity contribution in [1.29, 1.82) is 0 Å². The summed E-state index contributed by atoms with van der Waals surface area (Å²) in [5.74, 6) is 1.37. The van der Waals surface area contributed by atoms with E-state index in [2.05, 4.69) is 41.4 Å². The topological polar surface area (TPSA) is 71.1 Å². The molecule has 7 nitrogen and oxygen atoms in total. The average Bonchev–Trinajstić information content (AvgIpc) is 3.39. The number of benzene rings is 2. The second-order valence-corrected chi connectivity index (χ2v) is 9.37. The Bertz CT molecular complexity index is 1050. The van der Waals surface area contributed by atoms with Crippen LogP contribution in [-0.4, -0.2) is 47.2 Å². The van der Waals surface area contributed by atoms with Crippen molar-refractivity contribution >= 4 is 11.9 Å². The van der Waals surface area contributed by atoms with Crippen molar-refractivity contribution in [2.45, 2.75) is 51.7 Å². The molecule has 3 aliphatic rings. The third-order valence-electron chi connectivity index (χ3n) is 7.35. The Morgan fingerprint density at radius 1 is 0.970 bits per heavy atom. The molecular formula is C26H31N3O4. The largest absolute Gasteiger partial charge is 0.454 e. The smallest absolute Gasteiger partial charge is 0.325 e. The molecule has 1 N–H and O–H groups in total. The lowest BCUT2D eigenvalue weighted by molar-refractivity contribution is -0.134. The fourth-order valence-electron chi connectivity index (χ4n) is 5.35. The van der Waals surface area contributed by atoms with Gasteiger partial charge in [-0.05, 0) is 68.5 Å². The summed E-state index contributed by atoms with van der Waals surface area (Å²) >= 11 is 0. The van der Waals surface area contributed by atoms with E-state index in [-0.39, 0.29) is 31.2 Å². The highest BCUT2D eigenvalue weighted by Gasteiger charge is 2.54. The zero-order valence-corrected chi connectivity index (χ0v) is 19.3. The Labute approximate surface area is 194 Å². The monoisotopic (exact) mass is 449 g/mol. The second-order valence-electron chi connectivity index (χ2n) is 9.37. The van der Waals surface area contributed by atoms with Gasteiger partial charge in [0.05, 0.1) is 6.54 Å². The van der Waals surface area contributed by atoms with Crippen molar-refractivity contribution in [3.8, 4) is 11.5 Å². The second kappa shape index (κ2) is 8.71. The fraction of sp³-hybridized carbons (Fsp3) is 0.462. The van der Waals surface area contributed by atoms with Gasteiger partial charge in [0.15, 0.2) is 11.5 Å². The Kier molecular flexibility index (Phi) is 5.74. The summed E-state index contributed by atoms with van der Waals surface area (Å²) < 4.78 is 10.8. The molecule has 0 bridgehead atoms. The van der Waals surface area contributed by atoms with Crippen LogP contribution in [0.25, 0.3) is 0 Å². The average molecular weight is 450 g/mol. The molecule has 3 aliphatic heterocycles. The lowest BCUT2D eigenvalue weighted by Gasteiger charge is -2.40. The van der Waals surface area contributed by atoms with Crippen molar-refractivity contribution in [3.05, 3.63) is 59.2 Å². The molecule has 33 heavy (non-hydrogen) atoms. The first-order chi connectivity index (χ1) is 16.0. The van der Waals surface area contributed by atoms with Crippen LogP contribution in [0.1, 0.15) is 42.9 Å². The Hall–Kier alpha value is -3.06. The third kappa shape index (κ3) is 4.06. The molecule has 0 aliphatic carbocycles. The number of hydrogen-bond donors (Lipinski definition) is 1. The standard InChI is InChI=1S/C26H31N3O4/c1-3-26(21-10-12-28(13-11-21)15-19-6-4-18(2)5-7-19)24(30)29(25(31)27-26)16-20-8-9-22-23(14-20)33-17-32-22/h4-9,14,21H,3,10-13,15-17H2,1-2H3,(H,27,31)/t26-/m0/s1. The molecule has 0 aromatic heterocycles. The molecule has 2 saturated heterocycles. The number of aryl methyl sites for hydroxylation is 1. The number of rotatable bonds is 6. The molecule has 2 aromatic rings. The van der Waals surface area contributed by atoms with Crippen LogP contribution >= 0.6 is 0 Å². The fourth-order valence-corrected chi connectivity index (χ4v) is 5.35. The minimum absolute atomic E-state index is 0.107. The highest BCUT2D eigenvalue weighted by molar-refractivity contribution is 6.07. The maximum atomic E-state index is 13.6. The van der Waals surface area contributed by atoms with Crippen molar-refractivity contribution in [1.82, 2.24) is 15.1 Å². The quantitative estimate of drug-likeness (QED) is 0.679. The molecule has 0 spiro atoms. The van der Waals surface area contributed by atoms with Gasteiger partial charge in [0.1, 0.15) is 5.54 Å². The summed E-state index contributed by atoms with van der Waals surface area (Å²) in [5, 5.41) is 3.09. The van der Waals surface area contributed by atoms with E-state index in [0.717, 1.165) is 38.0 Å². The molecule has 3 amide bonds. The summed E-state index contributed by atoms with van der Waals surface area (Å²) in [6.07, 6.45) is 2.38. The molecule has 174 valence electrons. The van der Waals surface area contributed by atoms with E-state index in [1.54, 1.807) is 0 Å². The minimum atomic E-state index is -0.816. The van der Waals surface area contributed by atoms with E-state index in [0.29, 0.717) is 17.9 Å². The SMILES string of the molecule is CC[C@@]1(C2CCN(Cc3ccc(C)cc3)CC2)NC(=O)N(Cc2ccc3c(c2)OCO3)C1=O. The summed E-state index contributed by atoms with van der Waals surface area (Å²) in [5.41, 5.74) is 2.61. The van der Waals surface area contributed by atoms with E-state index < -0.39 is 5.54 Å². The number of likely N-dealkylation sites (tertiary alicyclic amines) is 1. The van der Waals surface area contributed by atoms with Crippen LogP contribution in [0.3, 0.4) is 0 Å². The zero-order valence-electron chi connectivity index (χ0n) is 19.3. The van der Waals surface area contributed by atoms with E-state index in [9.17, 15) is 9.59 Å². The molecule has 5 rings (SSSR count). The highest BCUT2D eigenvalue weighted by atomic mass is 16.7. The Balaban J connectivity index is 1.25.